The van der Waals surface area contributed by atoms with Gasteiger partial charge in [0.05, 0.1) is 0 Å². The fourth-order valence-corrected chi connectivity index (χ4v) is 4.70. The van der Waals surface area contributed by atoms with Crippen molar-refractivity contribution in [2.45, 2.75) is 57.7 Å². The molecule has 1 aromatic carbocycles. The Morgan fingerprint density at radius 3 is 2.94 bits per heavy atom. The highest BCUT2D eigenvalue weighted by Gasteiger charge is 2.31. The zero-order valence-corrected chi connectivity index (χ0v) is 18.5. The molecule has 1 unspecified atom stereocenters. The number of hydrogen-bond donors (Lipinski definition) is 3. The van der Waals surface area contributed by atoms with Gasteiger partial charge in [0, 0.05) is 48.6 Å². The second-order valence-corrected chi connectivity index (χ2v) is 9.89. The predicted molar refractivity (Wildman–Crippen MR) is 114 cm³/mol. The van der Waals surface area contributed by atoms with Crippen LogP contribution in [0, 0.1) is 0 Å². The van der Waals surface area contributed by atoms with Gasteiger partial charge in [0.15, 0.2) is 11.6 Å². The molecule has 1 aliphatic carbocycles. The third-order valence-corrected chi connectivity index (χ3v) is 6.74. The van der Waals surface area contributed by atoms with Gasteiger partial charge in [-0.2, -0.15) is 17.8 Å². The number of nitrogens with one attached hydrogen (secondary N) is 3. The van der Waals surface area contributed by atoms with E-state index in [4.69, 9.17) is 8.92 Å². The number of fused-ring (bicyclic) bond motifs is 1. The minimum absolute atomic E-state index is 0.0416. The number of ether oxygens (including phenoxy) is 1. The third-order valence-electron chi connectivity index (χ3n) is 5.46. The minimum atomic E-state index is -3.75. The lowest BCUT2D eigenvalue weighted by molar-refractivity contribution is 0.0981. The van der Waals surface area contributed by atoms with Gasteiger partial charge in [-0.1, -0.05) is 6.07 Å². The number of anilines is 2. The maximum Gasteiger partial charge on any atom is 0.407 e. The quantitative estimate of drug-likeness (QED) is 0.641. The van der Waals surface area contributed by atoms with Gasteiger partial charge in [0.2, 0.25) is 0 Å². The number of benzene rings is 1. The van der Waals surface area contributed by atoms with Crippen LogP contribution in [0.2, 0.25) is 0 Å². The molecule has 1 saturated carbocycles. The monoisotopic (exact) mass is 449 g/mol. The van der Waals surface area contributed by atoms with Crippen molar-refractivity contribution in [2.75, 3.05) is 12.4 Å². The van der Waals surface area contributed by atoms with Crippen LogP contribution in [0.15, 0.2) is 24.3 Å². The maximum atomic E-state index is 11.9. The zero-order chi connectivity index (χ0) is 22.2. The molecule has 3 N–H and O–H groups in total. The van der Waals surface area contributed by atoms with Gasteiger partial charge in [-0.05, 0) is 45.2 Å². The first-order valence-corrected chi connectivity index (χ1v) is 11.6. The molecule has 0 bridgehead atoms. The van der Waals surface area contributed by atoms with Crippen molar-refractivity contribution in [2.24, 2.45) is 0 Å². The topological polar surface area (TPSA) is 126 Å². The molecule has 10 nitrogen and oxygen atoms in total. The molecule has 2 heterocycles. The molecule has 1 aromatic heterocycles. The number of H-pyrrole nitrogens is 1. The molecule has 2 aliphatic rings. The second kappa shape index (κ2) is 8.39. The summed E-state index contributed by atoms with van der Waals surface area (Å²) in [7, 11) is -2.27. The summed E-state index contributed by atoms with van der Waals surface area (Å²) in [5, 5.41) is 13.4. The fraction of sp³-hybridized carbons (Fsp3) is 0.500. The zero-order valence-electron chi connectivity index (χ0n) is 17.7. The van der Waals surface area contributed by atoms with Gasteiger partial charge in [-0.25, -0.2) is 4.79 Å². The van der Waals surface area contributed by atoms with Crippen molar-refractivity contribution in [3.8, 4) is 5.75 Å². The number of rotatable bonds is 5. The average molecular weight is 450 g/mol. The summed E-state index contributed by atoms with van der Waals surface area (Å²) in [4.78, 5) is 11.8. The summed E-state index contributed by atoms with van der Waals surface area (Å²) in [6.07, 6.45) is 1.96. The lowest BCUT2D eigenvalue weighted by atomic mass is 10.0. The standard InChI is InChI=1S/C20H27N5O5S/c1-12(2)21-20(26)29-14-8-7-13(9-14)17-10-19(24-23-17)22-16-5-4-6-18-15(16)11-25(3)31(27,28)30-18/h4-6,10,12-14H,7-9,11H2,1-3H3,(H,21,26)(H2,22,23,24)/t13-,14?/m0/s1. The molecule has 2 aromatic rings. The molecule has 1 amide bonds. The largest absolute Gasteiger partial charge is 0.446 e. The summed E-state index contributed by atoms with van der Waals surface area (Å²) in [6, 6.07) is 7.20. The number of carbonyl (C=O) groups excluding carboxylic acids is 1. The van der Waals surface area contributed by atoms with Crippen LogP contribution in [0.5, 0.6) is 5.75 Å². The second-order valence-electron chi connectivity index (χ2n) is 8.25. The van der Waals surface area contributed by atoms with Gasteiger partial charge >= 0.3 is 16.4 Å². The number of nitrogens with zero attached hydrogens (tertiary/aromatic N) is 2. The summed E-state index contributed by atoms with van der Waals surface area (Å²) in [6.45, 7) is 3.99. The molecule has 31 heavy (non-hydrogen) atoms. The van der Waals surface area contributed by atoms with Crippen LogP contribution in [0.3, 0.4) is 0 Å². The first kappa shape index (κ1) is 21.4. The molecular weight excluding hydrogens is 422 g/mol. The number of amides is 1. The molecule has 1 aliphatic heterocycles. The van der Waals surface area contributed by atoms with E-state index in [1.807, 2.05) is 26.0 Å². The van der Waals surface area contributed by atoms with Crippen LogP contribution in [0.25, 0.3) is 0 Å². The lowest BCUT2D eigenvalue weighted by Crippen LogP contribution is -2.34. The van der Waals surface area contributed by atoms with Gasteiger partial charge in [0.25, 0.3) is 0 Å². The highest BCUT2D eigenvalue weighted by Crippen LogP contribution is 2.37. The van der Waals surface area contributed by atoms with Crippen LogP contribution in [0.1, 0.15) is 50.3 Å². The molecule has 0 spiro atoms. The number of carbonyl (C=O) groups is 1. The van der Waals surface area contributed by atoms with E-state index in [9.17, 15) is 13.2 Å². The van der Waals surface area contributed by atoms with E-state index in [0.717, 1.165) is 40.5 Å². The molecule has 1 fully saturated rings. The Morgan fingerprint density at radius 2 is 2.16 bits per heavy atom. The fourth-order valence-electron chi connectivity index (χ4n) is 3.90. The van der Waals surface area contributed by atoms with Crippen LogP contribution in [0.4, 0.5) is 16.3 Å². The SMILES string of the molecule is CC(C)NC(=O)OC1CC[C@H](c2cc(Nc3cccc4c3CN(C)S(=O)(=O)O4)n[nH]2)C1. The minimum Gasteiger partial charge on any atom is -0.446 e. The van der Waals surface area contributed by atoms with Crippen LogP contribution in [-0.4, -0.2) is 48.2 Å². The molecular formula is C20H27N5O5S. The first-order valence-electron chi connectivity index (χ1n) is 10.3. The lowest BCUT2D eigenvalue weighted by Gasteiger charge is -2.26. The highest BCUT2D eigenvalue weighted by atomic mass is 32.2. The Balaban J connectivity index is 1.41. The van der Waals surface area contributed by atoms with Crippen molar-refractivity contribution < 1.29 is 22.1 Å². The first-order chi connectivity index (χ1) is 14.7. The van der Waals surface area contributed by atoms with Crippen LogP contribution < -0.4 is 14.8 Å². The normalized spacial score (nSPS) is 22.6. The van der Waals surface area contributed by atoms with Gasteiger partial charge in [0.1, 0.15) is 6.10 Å². The Labute approximate surface area is 181 Å². The van der Waals surface area contributed by atoms with Gasteiger partial charge in [-0.3, -0.25) is 5.10 Å². The van der Waals surface area contributed by atoms with Gasteiger partial charge < -0.3 is 19.6 Å². The smallest absolute Gasteiger partial charge is 0.407 e. The Hall–Kier alpha value is -2.79. The highest BCUT2D eigenvalue weighted by molar-refractivity contribution is 7.84. The molecule has 0 saturated heterocycles. The molecule has 2 atom stereocenters. The summed E-state index contributed by atoms with van der Waals surface area (Å²) in [5.74, 6) is 1.17. The number of aromatic nitrogens is 2. The Bertz CT molecular complexity index is 1070. The predicted octanol–water partition coefficient (Wildman–Crippen LogP) is 2.99. The van der Waals surface area contributed by atoms with E-state index >= 15 is 0 Å². The van der Waals surface area contributed by atoms with E-state index in [1.165, 1.54) is 7.05 Å². The van der Waals surface area contributed by atoms with Crippen molar-refractivity contribution in [1.82, 2.24) is 19.8 Å². The van der Waals surface area contributed by atoms with E-state index in [0.29, 0.717) is 11.6 Å². The number of hydrogen-bond acceptors (Lipinski definition) is 7. The van der Waals surface area contributed by atoms with Crippen molar-refractivity contribution in [3.05, 3.63) is 35.5 Å². The summed E-state index contributed by atoms with van der Waals surface area (Å²) in [5.41, 5.74) is 2.45. The summed E-state index contributed by atoms with van der Waals surface area (Å²) >= 11 is 0. The molecule has 4 rings (SSSR count). The van der Waals surface area contributed by atoms with E-state index in [2.05, 4.69) is 20.8 Å². The summed E-state index contributed by atoms with van der Waals surface area (Å²) < 4.78 is 35.7. The molecule has 168 valence electrons. The molecule has 11 heteroatoms. The van der Waals surface area contributed by atoms with E-state index < -0.39 is 10.3 Å². The molecule has 0 radical (unpaired) electrons. The third kappa shape index (κ3) is 4.77. The van der Waals surface area contributed by atoms with E-state index in [1.54, 1.807) is 12.1 Å². The van der Waals surface area contributed by atoms with Crippen LogP contribution in [-0.2, 0) is 21.6 Å². The maximum absolute atomic E-state index is 11.9. The Morgan fingerprint density at radius 1 is 1.35 bits per heavy atom. The number of alkyl carbamates (subject to hydrolysis) is 1. The van der Waals surface area contributed by atoms with Crippen molar-refractivity contribution in [1.29, 1.82) is 0 Å². The Kier molecular flexibility index (Phi) is 5.80. The van der Waals surface area contributed by atoms with Crippen molar-refractivity contribution >= 4 is 27.9 Å². The van der Waals surface area contributed by atoms with Crippen molar-refractivity contribution in [3.63, 3.8) is 0 Å². The van der Waals surface area contributed by atoms with Gasteiger partial charge in [-0.15, -0.1) is 0 Å². The average Bonchev–Trinajstić information content (AvgIpc) is 3.32. The number of aromatic amines is 1. The van der Waals surface area contributed by atoms with Crippen LogP contribution >= 0.6 is 0 Å². The van der Waals surface area contributed by atoms with E-state index in [-0.39, 0.29) is 30.7 Å².